The van der Waals surface area contributed by atoms with E-state index in [4.69, 9.17) is 29.9 Å². The van der Waals surface area contributed by atoms with Gasteiger partial charge in [0.1, 0.15) is 11.9 Å². The van der Waals surface area contributed by atoms with E-state index in [0.29, 0.717) is 25.3 Å². The van der Waals surface area contributed by atoms with E-state index in [2.05, 4.69) is 5.32 Å². The standard InChI is InChI=1S/C34H35F3N6O2/c1-22-19-30(43(42-22)33-16-3-5-18-45-33)28-14-8-12-26(40-28)24-10-6-9-23(20-24)25-11-7-13-27(39-25)29(21-31(38)34(35,36)37)41-32-15-2-4-17-44-32/h6-14,19-21,32-33,38,41H,2-5,15-18H2,1H3/b29-21-,38-31?. The molecule has 0 spiro atoms. The molecule has 1 aromatic carbocycles. The fraction of sp³-hybridized carbons (Fsp3) is 0.353. The summed E-state index contributed by atoms with van der Waals surface area (Å²) in [4.78, 5) is 9.70. The average molecular weight is 617 g/mol. The summed E-state index contributed by atoms with van der Waals surface area (Å²) in [5, 5.41) is 15.4. The van der Waals surface area contributed by atoms with Crippen LogP contribution in [0.25, 0.3) is 39.6 Å². The van der Waals surface area contributed by atoms with E-state index < -0.39 is 18.1 Å². The highest BCUT2D eigenvalue weighted by Crippen LogP contribution is 2.31. The van der Waals surface area contributed by atoms with Crippen LogP contribution >= 0.6 is 0 Å². The molecule has 3 aromatic heterocycles. The maximum Gasteiger partial charge on any atom is 0.432 e. The summed E-state index contributed by atoms with van der Waals surface area (Å²) in [6.45, 7) is 3.19. The first-order valence-corrected chi connectivity index (χ1v) is 15.2. The van der Waals surface area contributed by atoms with E-state index in [1.807, 2.05) is 66.2 Å². The number of ether oxygens (including phenoxy) is 2. The molecule has 2 fully saturated rings. The molecule has 234 valence electrons. The second kappa shape index (κ2) is 13.3. The third-order valence-corrected chi connectivity index (χ3v) is 7.87. The molecule has 0 radical (unpaired) electrons. The molecule has 2 N–H and O–H groups in total. The molecule has 2 atom stereocenters. The topological polar surface area (TPSA) is 97.9 Å². The van der Waals surface area contributed by atoms with Crippen molar-refractivity contribution in [1.29, 1.82) is 5.41 Å². The van der Waals surface area contributed by atoms with Gasteiger partial charge in [0.2, 0.25) is 0 Å². The Labute approximate surface area is 259 Å². The summed E-state index contributed by atoms with van der Waals surface area (Å²) >= 11 is 0. The van der Waals surface area contributed by atoms with E-state index in [-0.39, 0.29) is 17.6 Å². The zero-order chi connectivity index (χ0) is 31.4. The van der Waals surface area contributed by atoms with Crippen molar-refractivity contribution in [2.45, 2.75) is 64.1 Å². The number of halogens is 3. The molecule has 2 aliphatic rings. The zero-order valence-corrected chi connectivity index (χ0v) is 25.0. The Balaban J connectivity index is 1.31. The molecule has 8 nitrogen and oxygen atoms in total. The molecule has 5 heterocycles. The predicted molar refractivity (Wildman–Crippen MR) is 166 cm³/mol. The first-order valence-electron chi connectivity index (χ1n) is 15.2. The van der Waals surface area contributed by atoms with Gasteiger partial charge in [0.25, 0.3) is 0 Å². The van der Waals surface area contributed by atoms with Gasteiger partial charge in [0.05, 0.1) is 39.9 Å². The lowest BCUT2D eigenvalue weighted by Gasteiger charge is -2.26. The van der Waals surface area contributed by atoms with Gasteiger partial charge in [-0.3, -0.25) is 5.41 Å². The van der Waals surface area contributed by atoms with Crippen LogP contribution in [0.5, 0.6) is 0 Å². The second-order valence-electron chi connectivity index (χ2n) is 11.3. The molecule has 2 saturated heterocycles. The van der Waals surface area contributed by atoms with Crippen LogP contribution in [0, 0.1) is 12.3 Å². The SMILES string of the molecule is Cc1cc(-c2cccc(-c3cccc(-c4cccc(/C(=C/C(=N)C(F)(F)F)NC5CCCCO5)n4)c3)n2)n(C2CCCCO2)n1. The molecule has 2 unspecified atom stereocenters. The number of hydrogen-bond donors (Lipinski definition) is 2. The normalized spacial score (nSPS) is 19.3. The van der Waals surface area contributed by atoms with Gasteiger partial charge in [0, 0.05) is 24.3 Å². The van der Waals surface area contributed by atoms with Crippen molar-refractivity contribution >= 4 is 11.4 Å². The van der Waals surface area contributed by atoms with Crippen molar-refractivity contribution in [3.63, 3.8) is 0 Å². The van der Waals surface area contributed by atoms with Crippen LogP contribution in [0.2, 0.25) is 0 Å². The molecule has 0 bridgehead atoms. The Morgan fingerprint density at radius 1 is 0.867 bits per heavy atom. The zero-order valence-electron chi connectivity index (χ0n) is 25.0. The summed E-state index contributed by atoms with van der Waals surface area (Å²) in [6, 6.07) is 20.8. The average Bonchev–Trinajstić information content (AvgIpc) is 3.46. The molecular formula is C34H35F3N6O2. The maximum absolute atomic E-state index is 13.3. The first-order chi connectivity index (χ1) is 21.7. The molecule has 0 aliphatic carbocycles. The van der Waals surface area contributed by atoms with Crippen molar-refractivity contribution in [3.05, 3.63) is 84.2 Å². The van der Waals surface area contributed by atoms with Crippen LogP contribution in [-0.2, 0) is 9.47 Å². The van der Waals surface area contributed by atoms with E-state index >= 15 is 0 Å². The van der Waals surface area contributed by atoms with Crippen molar-refractivity contribution in [3.8, 4) is 33.9 Å². The number of nitrogens with zero attached hydrogens (tertiary/aromatic N) is 4. The van der Waals surface area contributed by atoms with Gasteiger partial charge >= 0.3 is 6.18 Å². The van der Waals surface area contributed by atoms with Crippen LogP contribution in [0.4, 0.5) is 13.2 Å². The van der Waals surface area contributed by atoms with Gasteiger partial charge in [-0.2, -0.15) is 18.3 Å². The lowest BCUT2D eigenvalue weighted by Crippen LogP contribution is -2.34. The van der Waals surface area contributed by atoms with Gasteiger partial charge < -0.3 is 14.8 Å². The minimum atomic E-state index is -4.78. The smallest absolute Gasteiger partial charge is 0.359 e. The molecule has 2 aliphatic heterocycles. The molecule has 4 aromatic rings. The summed E-state index contributed by atoms with van der Waals surface area (Å²) in [7, 11) is 0. The van der Waals surface area contributed by atoms with Crippen LogP contribution in [0.15, 0.2) is 72.8 Å². The molecule has 0 amide bonds. The van der Waals surface area contributed by atoms with E-state index in [1.54, 1.807) is 12.1 Å². The highest BCUT2D eigenvalue weighted by molar-refractivity contribution is 6.02. The first kappa shape index (κ1) is 30.7. The second-order valence-corrected chi connectivity index (χ2v) is 11.3. The number of pyridine rings is 2. The summed E-state index contributed by atoms with van der Waals surface area (Å²) < 4.78 is 53.7. The maximum atomic E-state index is 13.3. The van der Waals surface area contributed by atoms with Gasteiger partial charge in [-0.05, 0) is 87.9 Å². The highest BCUT2D eigenvalue weighted by Gasteiger charge is 2.33. The summed E-state index contributed by atoms with van der Waals surface area (Å²) in [6.07, 6.45) is 0.907. The van der Waals surface area contributed by atoms with E-state index in [1.165, 1.54) is 0 Å². The van der Waals surface area contributed by atoms with Gasteiger partial charge in [0.15, 0.2) is 6.23 Å². The Hall–Kier alpha value is -4.35. The van der Waals surface area contributed by atoms with Gasteiger partial charge in [-0.15, -0.1) is 0 Å². The fourth-order valence-electron chi connectivity index (χ4n) is 5.61. The lowest BCUT2D eigenvalue weighted by molar-refractivity contribution is -0.0584. The highest BCUT2D eigenvalue weighted by atomic mass is 19.4. The molecule has 11 heteroatoms. The Kier molecular flexibility index (Phi) is 9.09. The molecule has 6 rings (SSSR count). The number of alkyl halides is 3. The molecular weight excluding hydrogens is 581 g/mol. The van der Waals surface area contributed by atoms with Crippen molar-refractivity contribution in [1.82, 2.24) is 25.1 Å². The Morgan fingerprint density at radius 3 is 2.22 bits per heavy atom. The number of allylic oxidation sites excluding steroid dienone is 1. The van der Waals surface area contributed by atoms with Gasteiger partial charge in [-0.25, -0.2) is 14.6 Å². The number of aromatic nitrogens is 4. The Morgan fingerprint density at radius 2 is 1.53 bits per heavy atom. The minimum absolute atomic E-state index is 0.0884. The summed E-state index contributed by atoms with van der Waals surface area (Å²) in [5.41, 5.74) is 4.45. The third-order valence-electron chi connectivity index (χ3n) is 7.87. The third kappa shape index (κ3) is 7.32. The number of nitrogens with one attached hydrogen (secondary N) is 2. The fourth-order valence-corrected chi connectivity index (χ4v) is 5.61. The van der Waals surface area contributed by atoms with E-state index in [0.717, 1.165) is 72.1 Å². The number of aryl methyl sites for hydroxylation is 1. The van der Waals surface area contributed by atoms with E-state index in [9.17, 15) is 13.2 Å². The summed E-state index contributed by atoms with van der Waals surface area (Å²) in [5.74, 6) is 0. The minimum Gasteiger partial charge on any atom is -0.359 e. The van der Waals surface area contributed by atoms with Crippen LogP contribution in [0.3, 0.4) is 0 Å². The Bertz CT molecular complexity index is 1690. The predicted octanol–water partition coefficient (Wildman–Crippen LogP) is 7.72. The van der Waals surface area contributed by atoms with Gasteiger partial charge in [-0.1, -0.05) is 30.3 Å². The number of hydrogen-bond acceptors (Lipinski definition) is 7. The monoisotopic (exact) mass is 616 g/mol. The molecule has 45 heavy (non-hydrogen) atoms. The molecule has 0 saturated carbocycles. The van der Waals surface area contributed by atoms with Crippen LogP contribution < -0.4 is 5.32 Å². The van der Waals surface area contributed by atoms with Crippen molar-refractivity contribution in [2.75, 3.05) is 13.2 Å². The number of rotatable bonds is 8. The van der Waals surface area contributed by atoms with Crippen LogP contribution in [-0.4, -0.2) is 51.1 Å². The van der Waals surface area contributed by atoms with Crippen molar-refractivity contribution < 1.29 is 22.6 Å². The quantitative estimate of drug-likeness (QED) is 0.197. The van der Waals surface area contributed by atoms with Crippen LogP contribution in [0.1, 0.15) is 56.1 Å². The van der Waals surface area contributed by atoms with Crippen molar-refractivity contribution in [2.24, 2.45) is 0 Å². The largest absolute Gasteiger partial charge is 0.432 e. The number of benzene rings is 1. The lowest BCUT2D eigenvalue weighted by atomic mass is 10.0.